The fraction of sp³-hybridized carbons (Fsp3) is 0.474. The Balaban J connectivity index is 1.65. The zero-order chi connectivity index (χ0) is 17.1. The predicted octanol–water partition coefficient (Wildman–Crippen LogP) is 1.65. The minimum Gasteiger partial charge on any atom is -0.497 e. The first-order chi connectivity index (χ1) is 11.6. The molecule has 5 nitrogen and oxygen atoms in total. The first-order valence-electron chi connectivity index (χ1n) is 8.26. The van der Waals surface area contributed by atoms with Crippen molar-refractivity contribution in [2.24, 2.45) is 5.92 Å². The second kappa shape index (κ2) is 7.49. The maximum absolute atomic E-state index is 10.1. The van der Waals surface area contributed by atoms with Gasteiger partial charge >= 0.3 is 0 Å². The normalized spacial score (nSPS) is 24.5. The number of hydrogen-bond acceptors (Lipinski definition) is 5. The third kappa shape index (κ3) is 3.87. The van der Waals surface area contributed by atoms with Crippen LogP contribution < -0.4 is 4.74 Å². The van der Waals surface area contributed by atoms with Crippen molar-refractivity contribution in [2.75, 3.05) is 33.9 Å². The molecule has 0 radical (unpaired) electrons. The van der Waals surface area contributed by atoms with Gasteiger partial charge in [0.05, 0.1) is 26.4 Å². The van der Waals surface area contributed by atoms with E-state index in [1.165, 1.54) is 10.9 Å². The van der Waals surface area contributed by atoms with E-state index in [1.54, 1.807) is 7.11 Å². The summed E-state index contributed by atoms with van der Waals surface area (Å²) in [6.07, 6.45) is -1.50. The van der Waals surface area contributed by atoms with E-state index in [9.17, 15) is 10.2 Å². The SMILES string of the molecule is COc1ccc2cc(CN(C)C[C@@H]3COC[C@@H](O)[C@H]3O)ccc2c1. The number of aliphatic hydroxyl groups excluding tert-OH is 2. The lowest BCUT2D eigenvalue weighted by Crippen LogP contribution is -2.47. The number of nitrogens with zero attached hydrogens (tertiary/aromatic N) is 1. The summed E-state index contributed by atoms with van der Waals surface area (Å²) in [5, 5.41) is 22.1. The van der Waals surface area contributed by atoms with Crippen LogP contribution in [-0.2, 0) is 11.3 Å². The van der Waals surface area contributed by atoms with Gasteiger partial charge in [0.25, 0.3) is 0 Å². The topological polar surface area (TPSA) is 62.2 Å². The van der Waals surface area contributed by atoms with E-state index in [-0.39, 0.29) is 12.5 Å². The highest BCUT2D eigenvalue weighted by molar-refractivity contribution is 5.84. The lowest BCUT2D eigenvalue weighted by Gasteiger charge is -2.34. The fourth-order valence-electron chi connectivity index (χ4n) is 3.29. The van der Waals surface area contributed by atoms with Crippen molar-refractivity contribution in [3.8, 4) is 5.75 Å². The molecule has 1 heterocycles. The average Bonchev–Trinajstić information content (AvgIpc) is 2.58. The Kier molecular flexibility index (Phi) is 5.36. The van der Waals surface area contributed by atoms with Crippen molar-refractivity contribution in [2.45, 2.75) is 18.8 Å². The largest absolute Gasteiger partial charge is 0.497 e. The summed E-state index contributed by atoms with van der Waals surface area (Å²) >= 11 is 0. The fourth-order valence-corrected chi connectivity index (χ4v) is 3.29. The smallest absolute Gasteiger partial charge is 0.119 e. The molecule has 2 N–H and O–H groups in total. The summed E-state index contributed by atoms with van der Waals surface area (Å²) in [6, 6.07) is 12.4. The highest BCUT2D eigenvalue weighted by atomic mass is 16.5. The molecule has 2 aromatic rings. The summed E-state index contributed by atoms with van der Waals surface area (Å²) in [5.41, 5.74) is 1.21. The van der Waals surface area contributed by atoms with Gasteiger partial charge in [-0.1, -0.05) is 18.2 Å². The monoisotopic (exact) mass is 331 g/mol. The van der Waals surface area contributed by atoms with E-state index in [4.69, 9.17) is 9.47 Å². The standard InChI is InChI=1S/C19H25NO4/c1-20(10-16-11-24-12-18(21)19(16)22)9-13-3-4-15-8-17(23-2)6-5-14(15)7-13/h3-8,16,18-19,21-22H,9-12H2,1-2H3/t16-,18-,19+/m1/s1. The predicted molar refractivity (Wildman–Crippen MR) is 93.2 cm³/mol. The van der Waals surface area contributed by atoms with Gasteiger partial charge in [0.2, 0.25) is 0 Å². The third-order valence-corrected chi connectivity index (χ3v) is 4.61. The first kappa shape index (κ1) is 17.2. The summed E-state index contributed by atoms with van der Waals surface area (Å²) in [6.45, 7) is 2.16. The van der Waals surface area contributed by atoms with E-state index in [1.807, 2.05) is 19.2 Å². The highest BCUT2D eigenvalue weighted by Crippen LogP contribution is 2.23. The van der Waals surface area contributed by atoms with Crippen LogP contribution in [0.2, 0.25) is 0 Å². The van der Waals surface area contributed by atoms with Crippen LogP contribution in [0.1, 0.15) is 5.56 Å². The molecule has 3 rings (SSSR count). The Labute approximate surface area is 142 Å². The maximum atomic E-state index is 10.1. The zero-order valence-electron chi connectivity index (χ0n) is 14.2. The van der Waals surface area contributed by atoms with Crippen LogP contribution >= 0.6 is 0 Å². The number of fused-ring (bicyclic) bond motifs is 1. The Morgan fingerprint density at radius 2 is 1.88 bits per heavy atom. The Bertz CT molecular complexity index is 690. The number of methoxy groups -OCH3 is 1. The van der Waals surface area contributed by atoms with Gasteiger partial charge in [0, 0.05) is 19.0 Å². The van der Waals surface area contributed by atoms with E-state index < -0.39 is 12.2 Å². The summed E-state index contributed by atoms with van der Waals surface area (Å²) in [7, 11) is 3.69. The van der Waals surface area contributed by atoms with Gasteiger partial charge in [-0.15, -0.1) is 0 Å². The highest BCUT2D eigenvalue weighted by Gasteiger charge is 2.31. The molecule has 0 spiro atoms. The summed E-state index contributed by atoms with van der Waals surface area (Å²) in [4.78, 5) is 2.15. The molecule has 1 saturated heterocycles. The zero-order valence-corrected chi connectivity index (χ0v) is 14.2. The molecular formula is C19H25NO4. The van der Waals surface area contributed by atoms with Gasteiger partial charge in [0.15, 0.2) is 0 Å². The van der Waals surface area contributed by atoms with E-state index >= 15 is 0 Å². The van der Waals surface area contributed by atoms with Crippen molar-refractivity contribution < 1.29 is 19.7 Å². The van der Waals surface area contributed by atoms with E-state index in [0.717, 1.165) is 17.7 Å². The second-order valence-corrected chi connectivity index (χ2v) is 6.60. The average molecular weight is 331 g/mol. The molecule has 0 aromatic heterocycles. The molecular weight excluding hydrogens is 306 g/mol. The molecule has 130 valence electrons. The van der Waals surface area contributed by atoms with Crippen molar-refractivity contribution in [3.05, 3.63) is 42.0 Å². The second-order valence-electron chi connectivity index (χ2n) is 6.60. The van der Waals surface area contributed by atoms with Crippen molar-refractivity contribution >= 4 is 10.8 Å². The van der Waals surface area contributed by atoms with Gasteiger partial charge in [-0.05, 0) is 41.6 Å². The molecule has 2 aromatic carbocycles. The number of benzene rings is 2. The van der Waals surface area contributed by atoms with Crippen LogP contribution in [0.15, 0.2) is 36.4 Å². The van der Waals surface area contributed by atoms with Gasteiger partial charge in [0.1, 0.15) is 11.9 Å². The number of rotatable bonds is 5. The van der Waals surface area contributed by atoms with Crippen LogP contribution in [0, 0.1) is 5.92 Å². The molecule has 0 saturated carbocycles. The van der Waals surface area contributed by atoms with Gasteiger partial charge in [-0.25, -0.2) is 0 Å². The van der Waals surface area contributed by atoms with E-state index in [2.05, 4.69) is 29.2 Å². The molecule has 0 bridgehead atoms. The van der Waals surface area contributed by atoms with Crippen LogP contribution in [0.4, 0.5) is 0 Å². The van der Waals surface area contributed by atoms with Crippen molar-refractivity contribution in [3.63, 3.8) is 0 Å². The van der Waals surface area contributed by atoms with Crippen LogP contribution in [-0.4, -0.2) is 61.2 Å². The number of hydrogen-bond donors (Lipinski definition) is 2. The molecule has 1 aliphatic rings. The molecule has 0 unspecified atom stereocenters. The lowest BCUT2D eigenvalue weighted by molar-refractivity contribution is -0.125. The maximum Gasteiger partial charge on any atom is 0.119 e. The minimum atomic E-state index is -0.784. The number of aliphatic hydroxyl groups is 2. The molecule has 1 aliphatic heterocycles. The number of ether oxygens (including phenoxy) is 2. The van der Waals surface area contributed by atoms with Gasteiger partial charge < -0.3 is 24.6 Å². The Morgan fingerprint density at radius 3 is 2.67 bits per heavy atom. The van der Waals surface area contributed by atoms with Gasteiger partial charge in [-0.3, -0.25) is 0 Å². The van der Waals surface area contributed by atoms with Crippen molar-refractivity contribution in [1.82, 2.24) is 4.90 Å². The molecule has 0 amide bonds. The van der Waals surface area contributed by atoms with Crippen LogP contribution in [0.25, 0.3) is 10.8 Å². The van der Waals surface area contributed by atoms with Crippen LogP contribution in [0.3, 0.4) is 0 Å². The Hall–Kier alpha value is -1.66. The summed E-state index contributed by atoms with van der Waals surface area (Å²) in [5.74, 6) is 0.792. The molecule has 3 atom stereocenters. The molecule has 0 aliphatic carbocycles. The van der Waals surface area contributed by atoms with E-state index in [0.29, 0.717) is 13.2 Å². The summed E-state index contributed by atoms with van der Waals surface area (Å²) < 4.78 is 10.6. The molecule has 5 heteroatoms. The third-order valence-electron chi connectivity index (χ3n) is 4.61. The Morgan fingerprint density at radius 1 is 1.12 bits per heavy atom. The van der Waals surface area contributed by atoms with Crippen LogP contribution in [0.5, 0.6) is 5.75 Å². The lowest BCUT2D eigenvalue weighted by atomic mass is 9.96. The molecule has 1 fully saturated rings. The van der Waals surface area contributed by atoms with Gasteiger partial charge in [-0.2, -0.15) is 0 Å². The minimum absolute atomic E-state index is 0.0662. The quantitative estimate of drug-likeness (QED) is 0.872. The first-order valence-corrected chi connectivity index (χ1v) is 8.26. The molecule has 24 heavy (non-hydrogen) atoms. The van der Waals surface area contributed by atoms with Crippen molar-refractivity contribution in [1.29, 1.82) is 0 Å².